The van der Waals surface area contributed by atoms with E-state index in [1.54, 1.807) is 12.1 Å². The van der Waals surface area contributed by atoms with Gasteiger partial charge >= 0.3 is 0 Å². The van der Waals surface area contributed by atoms with E-state index in [9.17, 15) is 10.0 Å². The molecule has 0 unspecified atom stereocenters. The molecule has 2 atom stereocenters. The highest BCUT2D eigenvalue weighted by Crippen LogP contribution is 2.42. The van der Waals surface area contributed by atoms with E-state index in [0.717, 1.165) is 61.2 Å². The van der Waals surface area contributed by atoms with E-state index >= 15 is 0 Å². The number of nitrogens with zero attached hydrogens (tertiary/aromatic N) is 5. The smallest absolute Gasteiger partial charge is 0.284 e. The largest absolute Gasteiger partial charge is 0.710 e. The van der Waals surface area contributed by atoms with Crippen molar-refractivity contribution in [3.05, 3.63) is 58.8 Å². The Bertz CT molecular complexity index is 1380. The maximum absolute atomic E-state index is 13.6. The Morgan fingerprint density at radius 2 is 1.72 bits per heavy atom. The molecule has 39 heavy (non-hydrogen) atoms. The molecule has 11 nitrogen and oxygen atoms in total. The van der Waals surface area contributed by atoms with Crippen LogP contribution in [-0.4, -0.2) is 46.0 Å². The van der Waals surface area contributed by atoms with Crippen molar-refractivity contribution in [2.45, 2.75) is 70.5 Å². The molecule has 1 saturated heterocycles. The van der Waals surface area contributed by atoms with Crippen LogP contribution in [0.25, 0.3) is 0 Å². The molecule has 5 heterocycles. The molecular formula is C28H35N9O2. The minimum absolute atomic E-state index is 0.159. The fourth-order valence-corrected chi connectivity index (χ4v) is 6.35. The Morgan fingerprint density at radius 1 is 1.00 bits per heavy atom. The number of carbonyl (C=O) groups is 1. The summed E-state index contributed by atoms with van der Waals surface area (Å²) < 4.78 is 0.874. The first-order valence-corrected chi connectivity index (χ1v) is 13.7. The quantitative estimate of drug-likeness (QED) is 0.290. The minimum atomic E-state index is -0.591. The fourth-order valence-electron chi connectivity index (χ4n) is 6.35. The van der Waals surface area contributed by atoms with E-state index in [0.29, 0.717) is 46.6 Å². The van der Waals surface area contributed by atoms with Gasteiger partial charge in [-0.05, 0) is 51.3 Å². The summed E-state index contributed by atoms with van der Waals surface area (Å²) in [6, 6.07) is 8.28. The first kappa shape index (κ1) is 25.3. The molecule has 3 aliphatic rings. The number of aromatic nitrogens is 4. The molecular weight excluding hydrogens is 494 g/mol. The van der Waals surface area contributed by atoms with E-state index in [2.05, 4.69) is 61.0 Å². The molecule has 0 bridgehead atoms. The lowest BCUT2D eigenvalue weighted by Gasteiger charge is -2.37. The molecule has 2 aliphatic heterocycles. The molecule has 11 heteroatoms. The van der Waals surface area contributed by atoms with Crippen LogP contribution in [0.2, 0.25) is 0 Å². The van der Waals surface area contributed by atoms with Crippen LogP contribution >= 0.6 is 0 Å². The Hall–Kier alpha value is -3.99. The second-order valence-corrected chi connectivity index (χ2v) is 11.1. The van der Waals surface area contributed by atoms with Crippen molar-refractivity contribution in [1.82, 2.24) is 25.6 Å². The number of rotatable bonds is 5. The summed E-state index contributed by atoms with van der Waals surface area (Å²) in [5, 5.41) is 26.7. The molecule has 0 aromatic carbocycles. The maximum atomic E-state index is 13.6. The van der Waals surface area contributed by atoms with Crippen molar-refractivity contribution in [3.8, 4) is 0 Å². The molecule has 1 aliphatic carbocycles. The van der Waals surface area contributed by atoms with Crippen molar-refractivity contribution in [1.29, 1.82) is 0 Å². The van der Waals surface area contributed by atoms with Crippen LogP contribution in [0.15, 0.2) is 36.8 Å². The topological polar surface area (TPSA) is 134 Å². The molecule has 3 aromatic heterocycles. The Labute approximate surface area is 228 Å². The molecule has 1 saturated carbocycles. The highest BCUT2D eigenvalue weighted by Gasteiger charge is 2.48. The number of amides is 1. The SMILES string of the molecule is Cc1cc(Nc2cc(Nc3ccc(N4C[C@@H](C)N[C@@H](C)C4)cn3)ncn2)[n+]([O-])c2c1C(=O)NC21CCCCC1. The molecule has 0 radical (unpaired) electrons. The van der Waals surface area contributed by atoms with Crippen molar-refractivity contribution in [2.75, 3.05) is 28.6 Å². The second kappa shape index (κ2) is 9.96. The van der Waals surface area contributed by atoms with Crippen LogP contribution in [0.3, 0.4) is 0 Å². The molecule has 6 rings (SSSR count). The van der Waals surface area contributed by atoms with Crippen LogP contribution in [0, 0.1) is 12.1 Å². The number of fused-ring (bicyclic) bond motifs is 2. The number of carbonyl (C=O) groups excluding carboxylic acids is 1. The first-order valence-electron chi connectivity index (χ1n) is 13.7. The predicted octanol–water partition coefficient (Wildman–Crippen LogP) is 3.39. The van der Waals surface area contributed by atoms with Crippen molar-refractivity contribution in [3.63, 3.8) is 0 Å². The predicted molar refractivity (Wildman–Crippen MR) is 149 cm³/mol. The van der Waals surface area contributed by atoms with Gasteiger partial charge < -0.3 is 26.1 Å². The number of hydrogen-bond acceptors (Lipinski definition) is 9. The zero-order valence-corrected chi connectivity index (χ0v) is 22.6. The van der Waals surface area contributed by atoms with Gasteiger partial charge in [0.15, 0.2) is 0 Å². The van der Waals surface area contributed by atoms with Gasteiger partial charge in [-0.15, -0.1) is 0 Å². The van der Waals surface area contributed by atoms with Crippen LogP contribution in [0.4, 0.5) is 29.0 Å². The summed E-state index contributed by atoms with van der Waals surface area (Å²) >= 11 is 0. The van der Waals surface area contributed by atoms with E-state index in [1.807, 2.05) is 19.2 Å². The third-order valence-electron chi connectivity index (χ3n) is 8.00. The molecule has 1 spiro atoms. The third-order valence-corrected chi connectivity index (χ3v) is 8.00. The number of aryl methyl sites for hydroxylation is 1. The maximum Gasteiger partial charge on any atom is 0.284 e. The van der Waals surface area contributed by atoms with Crippen LogP contribution in [0.5, 0.6) is 0 Å². The minimum Gasteiger partial charge on any atom is -0.710 e. The standard InChI is InChI=1S/C28H35N9O2/c1-17-11-24(37(39)26-25(17)27(38)35-28(26)9-5-4-6-10-28)34-23-12-22(30-16-31-23)33-21-8-7-20(13-29-21)36-14-18(2)32-19(3)15-36/h7-8,11-13,16,18-19,32H,4-6,9-10,14-15H2,1-3H3,(H,35,38)(H2,29,30,31,33,34)/t18-,19+. The van der Waals surface area contributed by atoms with E-state index < -0.39 is 5.54 Å². The van der Waals surface area contributed by atoms with Gasteiger partial charge in [0.1, 0.15) is 29.2 Å². The molecule has 2 fully saturated rings. The summed E-state index contributed by atoms with van der Waals surface area (Å²) in [5.74, 6) is 1.85. The zero-order chi connectivity index (χ0) is 27.1. The van der Waals surface area contributed by atoms with Gasteiger partial charge in [0.05, 0.1) is 17.4 Å². The number of nitrogens with one attached hydrogen (secondary N) is 4. The second-order valence-electron chi connectivity index (χ2n) is 11.1. The summed E-state index contributed by atoms with van der Waals surface area (Å²) in [4.78, 5) is 28.4. The summed E-state index contributed by atoms with van der Waals surface area (Å²) in [7, 11) is 0. The van der Waals surface area contributed by atoms with Crippen LogP contribution in [-0.2, 0) is 5.54 Å². The van der Waals surface area contributed by atoms with Crippen molar-refractivity contribution in [2.24, 2.45) is 0 Å². The monoisotopic (exact) mass is 529 g/mol. The van der Waals surface area contributed by atoms with Gasteiger partial charge in [0.2, 0.25) is 5.82 Å². The molecule has 1 amide bonds. The van der Waals surface area contributed by atoms with Gasteiger partial charge in [0, 0.05) is 37.3 Å². The van der Waals surface area contributed by atoms with E-state index in [1.165, 1.54) is 6.33 Å². The zero-order valence-electron chi connectivity index (χ0n) is 22.6. The summed E-state index contributed by atoms with van der Waals surface area (Å²) in [6.45, 7) is 8.13. The number of pyridine rings is 2. The Balaban J connectivity index is 1.21. The highest BCUT2D eigenvalue weighted by molar-refractivity contribution is 6.00. The number of hydrogen-bond donors (Lipinski definition) is 4. The van der Waals surface area contributed by atoms with Crippen LogP contribution in [0.1, 0.15) is 67.6 Å². The lowest BCUT2D eigenvalue weighted by molar-refractivity contribution is -0.603. The normalized spacial score (nSPS) is 21.9. The van der Waals surface area contributed by atoms with Crippen molar-refractivity contribution >= 4 is 34.9 Å². The van der Waals surface area contributed by atoms with Gasteiger partial charge in [-0.25, -0.2) is 20.0 Å². The molecule has 3 aromatic rings. The lowest BCUT2D eigenvalue weighted by atomic mass is 9.79. The highest BCUT2D eigenvalue weighted by atomic mass is 16.5. The fraction of sp³-hybridized carbons (Fsp3) is 0.464. The van der Waals surface area contributed by atoms with Gasteiger partial charge in [-0.1, -0.05) is 19.3 Å². The average Bonchev–Trinajstić information content (AvgIpc) is 3.19. The molecule has 204 valence electrons. The third kappa shape index (κ3) is 4.82. The summed E-state index contributed by atoms with van der Waals surface area (Å²) in [5.41, 5.74) is 2.29. The van der Waals surface area contributed by atoms with Gasteiger partial charge in [0.25, 0.3) is 11.7 Å². The van der Waals surface area contributed by atoms with E-state index in [4.69, 9.17) is 0 Å². The first-order chi connectivity index (χ1) is 18.8. The van der Waals surface area contributed by atoms with Gasteiger partial charge in [-0.3, -0.25) is 4.79 Å². The Kier molecular flexibility index (Phi) is 6.46. The van der Waals surface area contributed by atoms with E-state index in [-0.39, 0.29) is 5.91 Å². The summed E-state index contributed by atoms with van der Waals surface area (Å²) in [6.07, 6.45) is 7.95. The average molecular weight is 530 g/mol. The molecule has 4 N–H and O–H groups in total. The lowest BCUT2D eigenvalue weighted by Crippen LogP contribution is -2.54. The van der Waals surface area contributed by atoms with Crippen LogP contribution < -0.4 is 30.9 Å². The van der Waals surface area contributed by atoms with Crippen molar-refractivity contribution < 1.29 is 9.52 Å². The van der Waals surface area contributed by atoms with Gasteiger partial charge in [-0.2, -0.15) is 4.98 Å². The number of anilines is 5. The Morgan fingerprint density at radius 3 is 2.41 bits per heavy atom. The number of piperazine rings is 1.